The first kappa shape index (κ1) is 12.8. The van der Waals surface area contributed by atoms with Crippen molar-refractivity contribution in [3.8, 4) is 0 Å². The molecule has 2 aromatic rings. The van der Waals surface area contributed by atoms with Gasteiger partial charge in [0.1, 0.15) is 0 Å². The Hall–Kier alpha value is -1.61. The van der Waals surface area contributed by atoms with Gasteiger partial charge >= 0.3 is 0 Å². The Labute approximate surface area is 110 Å². The Kier molecular flexibility index (Phi) is 3.53. The molecular weight excluding hydrogens is 250 g/mol. The van der Waals surface area contributed by atoms with Gasteiger partial charge in [-0.25, -0.2) is 0 Å². The first-order valence-corrected chi connectivity index (χ1v) is 6.21. The van der Waals surface area contributed by atoms with E-state index in [4.69, 9.17) is 11.6 Å². The highest BCUT2D eigenvalue weighted by Gasteiger charge is 2.13. The van der Waals surface area contributed by atoms with Gasteiger partial charge in [-0.2, -0.15) is 0 Å². The third kappa shape index (κ3) is 2.31. The molecule has 3 nitrogen and oxygen atoms in total. The second-order valence-electron chi connectivity index (χ2n) is 4.69. The zero-order valence-electron chi connectivity index (χ0n) is 10.3. The fourth-order valence-corrected chi connectivity index (χ4v) is 2.21. The molecule has 0 bridgehead atoms. The second-order valence-corrected chi connectivity index (χ2v) is 5.03. The lowest BCUT2D eigenvalue weighted by molar-refractivity contribution is 0.108. The summed E-state index contributed by atoms with van der Waals surface area (Å²) in [6, 6.07) is 8.64. The normalized spacial score (nSPS) is 11.1. The van der Waals surface area contributed by atoms with Crippen molar-refractivity contribution < 1.29 is 4.79 Å². The Morgan fingerprint density at radius 3 is 2.61 bits per heavy atom. The molecule has 2 rings (SSSR count). The molecule has 0 amide bonds. The monoisotopic (exact) mass is 263 g/mol. The van der Waals surface area contributed by atoms with Crippen LogP contribution in [0.1, 0.15) is 24.2 Å². The summed E-state index contributed by atoms with van der Waals surface area (Å²) in [5.74, 6) is 0.351. The summed E-state index contributed by atoms with van der Waals surface area (Å²) < 4.78 is 1.68. The van der Waals surface area contributed by atoms with Crippen molar-refractivity contribution in [2.24, 2.45) is 5.92 Å². The van der Waals surface area contributed by atoms with Gasteiger partial charge < -0.3 is 4.57 Å². The minimum atomic E-state index is -0.597. The molecule has 4 heteroatoms. The largest absolute Gasteiger partial charge is 0.308 e. The van der Waals surface area contributed by atoms with Crippen LogP contribution in [0.25, 0.3) is 10.9 Å². The second kappa shape index (κ2) is 4.94. The average Bonchev–Trinajstić information content (AvgIpc) is 2.31. The maximum absolute atomic E-state index is 12.0. The van der Waals surface area contributed by atoms with Crippen LogP contribution in [0.5, 0.6) is 0 Å². The van der Waals surface area contributed by atoms with Crippen molar-refractivity contribution in [2.45, 2.75) is 20.4 Å². The molecular formula is C14H14ClNO2. The molecule has 0 aliphatic heterocycles. The van der Waals surface area contributed by atoms with Crippen molar-refractivity contribution in [1.29, 1.82) is 0 Å². The van der Waals surface area contributed by atoms with Gasteiger partial charge in [0.15, 0.2) is 0 Å². The minimum absolute atomic E-state index is 0.189. The molecule has 0 aliphatic rings. The summed E-state index contributed by atoms with van der Waals surface area (Å²) in [5.41, 5.74) is 0.839. The van der Waals surface area contributed by atoms with E-state index in [0.29, 0.717) is 12.5 Å². The summed E-state index contributed by atoms with van der Waals surface area (Å²) in [7, 11) is 0. The molecule has 0 aliphatic carbocycles. The molecule has 0 saturated heterocycles. The maximum atomic E-state index is 12.0. The van der Waals surface area contributed by atoms with Crippen molar-refractivity contribution in [2.75, 3.05) is 0 Å². The lowest BCUT2D eigenvalue weighted by atomic mass is 10.1. The predicted octanol–water partition coefficient (Wildman–Crippen LogP) is 3.04. The van der Waals surface area contributed by atoms with Gasteiger partial charge in [-0.15, -0.1) is 0 Å². The van der Waals surface area contributed by atoms with Crippen LogP contribution in [-0.4, -0.2) is 9.81 Å². The number of hydrogen-bond acceptors (Lipinski definition) is 2. The molecule has 0 saturated carbocycles. The fraction of sp³-hybridized carbons (Fsp3) is 0.286. The lowest BCUT2D eigenvalue weighted by Crippen LogP contribution is -2.23. The molecule has 0 atom stereocenters. The van der Waals surface area contributed by atoms with Gasteiger partial charge in [0.2, 0.25) is 0 Å². The Morgan fingerprint density at radius 2 is 2.00 bits per heavy atom. The molecule has 0 radical (unpaired) electrons. The topological polar surface area (TPSA) is 39.1 Å². The summed E-state index contributed by atoms with van der Waals surface area (Å²) in [6.07, 6.45) is 0. The first-order chi connectivity index (χ1) is 8.50. The fourth-order valence-electron chi connectivity index (χ4n) is 2.05. The number of para-hydroxylation sites is 1. The number of fused-ring (bicyclic) bond motifs is 1. The molecule has 0 unspecified atom stereocenters. The molecule has 0 fully saturated rings. The Bertz CT molecular complexity index is 658. The number of hydrogen-bond donors (Lipinski definition) is 0. The zero-order valence-corrected chi connectivity index (χ0v) is 11.1. The number of carbonyl (C=O) groups excluding carboxylic acids is 1. The number of halogens is 1. The lowest BCUT2D eigenvalue weighted by Gasteiger charge is -2.13. The quantitative estimate of drug-likeness (QED) is 0.799. The van der Waals surface area contributed by atoms with Crippen LogP contribution in [-0.2, 0) is 6.54 Å². The molecule has 1 aromatic carbocycles. The standard InChI is InChI=1S/C14H14ClNO2/c1-9(2)8-16-12-6-4-3-5-10(12)11(14(15)18)7-13(16)17/h3-7,9H,8H2,1-2H3. The van der Waals surface area contributed by atoms with Gasteiger partial charge in [0.05, 0.1) is 5.52 Å². The van der Waals surface area contributed by atoms with Crippen molar-refractivity contribution in [3.63, 3.8) is 0 Å². The van der Waals surface area contributed by atoms with Crippen LogP contribution in [0, 0.1) is 5.92 Å². The molecule has 94 valence electrons. The molecule has 0 spiro atoms. The highest BCUT2D eigenvalue weighted by Crippen LogP contribution is 2.19. The van der Waals surface area contributed by atoms with Gasteiger partial charge in [-0.3, -0.25) is 9.59 Å². The van der Waals surface area contributed by atoms with Crippen LogP contribution in [0.15, 0.2) is 35.1 Å². The summed E-state index contributed by atoms with van der Waals surface area (Å²) >= 11 is 5.53. The Balaban J connectivity index is 2.81. The third-order valence-electron chi connectivity index (χ3n) is 2.78. The van der Waals surface area contributed by atoms with E-state index >= 15 is 0 Å². The average molecular weight is 264 g/mol. The number of aromatic nitrogens is 1. The number of carbonyl (C=O) groups is 1. The van der Waals surface area contributed by atoms with Crippen LogP contribution >= 0.6 is 11.6 Å². The van der Waals surface area contributed by atoms with Gasteiger partial charge in [-0.05, 0) is 23.6 Å². The molecule has 0 N–H and O–H groups in total. The van der Waals surface area contributed by atoms with Crippen molar-refractivity contribution in [1.82, 2.24) is 4.57 Å². The van der Waals surface area contributed by atoms with Gasteiger partial charge in [0, 0.05) is 23.6 Å². The van der Waals surface area contributed by atoms with E-state index in [-0.39, 0.29) is 11.1 Å². The molecule has 1 heterocycles. The van der Waals surface area contributed by atoms with E-state index in [1.165, 1.54) is 6.07 Å². The van der Waals surface area contributed by atoms with E-state index in [0.717, 1.165) is 10.9 Å². The van der Waals surface area contributed by atoms with Crippen LogP contribution in [0.4, 0.5) is 0 Å². The van der Waals surface area contributed by atoms with E-state index in [1.54, 1.807) is 10.6 Å². The van der Waals surface area contributed by atoms with Crippen molar-refractivity contribution >= 4 is 27.7 Å². The molecule has 18 heavy (non-hydrogen) atoms. The van der Waals surface area contributed by atoms with E-state index in [1.807, 2.05) is 32.0 Å². The molecule has 1 aromatic heterocycles. The van der Waals surface area contributed by atoms with E-state index in [9.17, 15) is 9.59 Å². The minimum Gasteiger partial charge on any atom is -0.308 e. The number of pyridine rings is 1. The van der Waals surface area contributed by atoms with Crippen LogP contribution in [0.2, 0.25) is 0 Å². The van der Waals surface area contributed by atoms with Crippen molar-refractivity contribution in [3.05, 3.63) is 46.2 Å². The zero-order chi connectivity index (χ0) is 13.3. The first-order valence-electron chi connectivity index (χ1n) is 5.83. The summed E-state index contributed by atoms with van der Waals surface area (Å²) in [5, 5.41) is 0.123. The highest BCUT2D eigenvalue weighted by atomic mass is 35.5. The van der Waals surface area contributed by atoms with Gasteiger partial charge in [-0.1, -0.05) is 32.0 Å². The van der Waals surface area contributed by atoms with Crippen LogP contribution < -0.4 is 5.56 Å². The summed E-state index contributed by atoms with van der Waals surface area (Å²) in [4.78, 5) is 23.4. The smallest absolute Gasteiger partial charge is 0.253 e. The van der Waals surface area contributed by atoms with E-state index < -0.39 is 5.24 Å². The van der Waals surface area contributed by atoms with Gasteiger partial charge in [0.25, 0.3) is 10.8 Å². The van der Waals surface area contributed by atoms with E-state index in [2.05, 4.69) is 0 Å². The highest BCUT2D eigenvalue weighted by molar-refractivity contribution is 6.68. The number of nitrogens with zero attached hydrogens (tertiary/aromatic N) is 1. The Morgan fingerprint density at radius 1 is 1.33 bits per heavy atom. The number of rotatable bonds is 3. The number of benzene rings is 1. The SMILES string of the molecule is CC(C)Cn1c(=O)cc(C(=O)Cl)c2ccccc21. The predicted molar refractivity (Wildman–Crippen MR) is 73.2 cm³/mol. The maximum Gasteiger partial charge on any atom is 0.253 e. The summed E-state index contributed by atoms with van der Waals surface area (Å²) in [6.45, 7) is 4.71. The third-order valence-corrected chi connectivity index (χ3v) is 2.98. The van der Waals surface area contributed by atoms with Crippen LogP contribution in [0.3, 0.4) is 0 Å².